The molecule has 0 atom stereocenters. The van der Waals surface area contributed by atoms with E-state index in [1.165, 1.54) is 65.5 Å². The quantitative estimate of drug-likeness (QED) is 0.128. The standard InChI is InChI=1S/C57H38BN3O/c1-37-27-29-40(30-28-37)59(41-32-34-51-48(35-41)45-21-12-13-24-50(45)60(51)38-15-4-2-5-16-38)42-31-33-49-54(36-42)62-53-26-14-25-52-56(53)58(49)55-46-22-10-8-19-43(46)44-20-9-11-23-47(44)57(55)61(52)39-17-6-3-7-18-39/h2-36H,1H3. The van der Waals surface area contributed by atoms with Crippen molar-refractivity contribution in [2.24, 2.45) is 0 Å². The molecule has 2 aliphatic rings. The molecule has 0 unspecified atom stereocenters. The smallest absolute Gasteiger partial charge is 0.257 e. The van der Waals surface area contributed by atoms with Gasteiger partial charge in [-0.05, 0) is 118 Å². The lowest BCUT2D eigenvalue weighted by atomic mass is 9.33. The highest BCUT2D eigenvalue weighted by molar-refractivity contribution is 7.01. The number of anilines is 6. The topological polar surface area (TPSA) is 20.6 Å². The molecule has 0 fully saturated rings. The third kappa shape index (κ3) is 5.09. The van der Waals surface area contributed by atoms with E-state index in [0.29, 0.717) is 0 Å². The van der Waals surface area contributed by atoms with E-state index < -0.39 is 0 Å². The lowest BCUT2D eigenvalue weighted by Crippen LogP contribution is -2.59. The number of benzene rings is 10. The van der Waals surface area contributed by atoms with E-state index >= 15 is 0 Å². The Morgan fingerprint density at radius 1 is 0.419 bits per heavy atom. The molecular weight excluding hydrogens is 753 g/mol. The van der Waals surface area contributed by atoms with Crippen molar-refractivity contribution in [2.75, 3.05) is 9.80 Å². The lowest BCUT2D eigenvalue weighted by molar-refractivity contribution is 0.487. The molecule has 0 aliphatic carbocycles. The molecule has 290 valence electrons. The van der Waals surface area contributed by atoms with Crippen molar-refractivity contribution in [1.82, 2.24) is 4.57 Å². The molecule has 1 aromatic heterocycles. The fraction of sp³-hybridized carbons (Fsp3) is 0.0175. The Kier molecular flexibility index (Phi) is 7.58. The number of hydrogen-bond acceptors (Lipinski definition) is 3. The van der Waals surface area contributed by atoms with E-state index in [9.17, 15) is 0 Å². The molecule has 0 saturated heterocycles. The first-order valence-electron chi connectivity index (χ1n) is 21.4. The summed E-state index contributed by atoms with van der Waals surface area (Å²) >= 11 is 0. The number of nitrogens with zero attached hydrogens (tertiary/aromatic N) is 3. The van der Waals surface area contributed by atoms with E-state index in [1.54, 1.807) is 0 Å². The molecule has 3 heterocycles. The van der Waals surface area contributed by atoms with Crippen molar-refractivity contribution in [3.8, 4) is 17.2 Å². The highest BCUT2D eigenvalue weighted by Crippen LogP contribution is 2.47. The summed E-state index contributed by atoms with van der Waals surface area (Å²) in [6, 6.07) is 77.2. The Balaban J connectivity index is 1.04. The van der Waals surface area contributed by atoms with Crippen LogP contribution in [0.4, 0.5) is 34.1 Å². The molecule has 5 heteroatoms. The zero-order valence-electron chi connectivity index (χ0n) is 34.0. The van der Waals surface area contributed by atoms with Gasteiger partial charge in [0.05, 0.1) is 11.0 Å². The van der Waals surface area contributed by atoms with Crippen molar-refractivity contribution in [2.45, 2.75) is 6.92 Å². The molecule has 0 spiro atoms. The maximum absolute atomic E-state index is 7.13. The SMILES string of the molecule is Cc1ccc(N(c2ccc3c(c2)Oc2cccc4c2B3c2c(c3ccccc3c3ccccc23)N4c2ccccc2)c2ccc3c(c2)c2ccccc2n3-c2ccccc2)cc1. The maximum Gasteiger partial charge on any atom is 0.257 e. The largest absolute Gasteiger partial charge is 0.458 e. The summed E-state index contributed by atoms with van der Waals surface area (Å²) in [6.07, 6.45) is 0. The molecule has 13 rings (SSSR count). The van der Waals surface area contributed by atoms with Gasteiger partial charge >= 0.3 is 0 Å². The van der Waals surface area contributed by atoms with Crippen LogP contribution in [0.2, 0.25) is 0 Å². The number of para-hydroxylation sites is 3. The van der Waals surface area contributed by atoms with Crippen molar-refractivity contribution in [3.05, 3.63) is 218 Å². The van der Waals surface area contributed by atoms with Crippen LogP contribution in [0.5, 0.6) is 11.5 Å². The summed E-state index contributed by atoms with van der Waals surface area (Å²) in [5.41, 5.74) is 15.1. The van der Waals surface area contributed by atoms with Gasteiger partial charge in [-0.15, -0.1) is 0 Å². The molecule has 2 aliphatic heterocycles. The van der Waals surface area contributed by atoms with Gasteiger partial charge in [0.25, 0.3) is 6.71 Å². The summed E-state index contributed by atoms with van der Waals surface area (Å²) in [7, 11) is 0. The number of aryl methyl sites for hydroxylation is 1. The van der Waals surface area contributed by atoms with E-state index in [2.05, 4.69) is 234 Å². The first-order chi connectivity index (χ1) is 30.7. The fourth-order valence-corrected chi connectivity index (χ4v) is 10.4. The van der Waals surface area contributed by atoms with E-state index in [0.717, 1.165) is 51.1 Å². The average Bonchev–Trinajstić information content (AvgIpc) is 3.66. The van der Waals surface area contributed by atoms with Gasteiger partial charge < -0.3 is 19.1 Å². The van der Waals surface area contributed by atoms with Crippen LogP contribution in [0.1, 0.15) is 5.56 Å². The second-order valence-corrected chi connectivity index (χ2v) is 16.5. The number of fused-ring (bicyclic) bond motifs is 12. The Labute approximate surface area is 360 Å². The van der Waals surface area contributed by atoms with Gasteiger partial charge in [0.2, 0.25) is 0 Å². The second kappa shape index (κ2) is 13.5. The summed E-state index contributed by atoms with van der Waals surface area (Å²) in [5.74, 6) is 1.75. The van der Waals surface area contributed by atoms with Gasteiger partial charge in [0.1, 0.15) is 11.5 Å². The molecule has 0 N–H and O–H groups in total. The Bertz CT molecular complexity index is 3580. The summed E-state index contributed by atoms with van der Waals surface area (Å²) in [5, 5.41) is 7.43. The fourth-order valence-electron chi connectivity index (χ4n) is 10.4. The van der Waals surface area contributed by atoms with E-state index in [-0.39, 0.29) is 6.71 Å². The van der Waals surface area contributed by atoms with Crippen LogP contribution in [-0.2, 0) is 0 Å². The zero-order chi connectivity index (χ0) is 40.9. The van der Waals surface area contributed by atoms with E-state index in [1.807, 2.05) is 0 Å². The minimum atomic E-state index is -0.0586. The van der Waals surface area contributed by atoms with Crippen LogP contribution in [0.25, 0.3) is 49.0 Å². The van der Waals surface area contributed by atoms with Gasteiger partial charge in [0.15, 0.2) is 0 Å². The molecule has 4 nitrogen and oxygen atoms in total. The highest BCUT2D eigenvalue weighted by Gasteiger charge is 2.43. The minimum absolute atomic E-state index is 0.0586. The first-order valence-corrected chi connectivity index (χ1v) is 21.4. The minimum Gasteiger partial charge on any atom is -0.458 e. The van der Waals surface area contributed by atoms with Crippen molar-refractivity contribution in [1.29, 1.82) is 0 Å². The molecule has 0 bridgehead atoms. The third-order valence-corrected chi connectivity index (χ3v) is 13.1. The van der Waals surface area contributed by atoms with Crippen molar-refractivity contribution < 1.29 is 4.74 Å². The van der Waals surface area contributed by atoms with Crippen molar-refractivity contribution >= 4 is 101 Å². The first kappa shape index (κ1) is 34.8. The Hall–Kier alpha value is -8.02. The number of aromatic nitrogens is 1. The summed E-state index contributed by atoms with van der Waals surface area (Å²) in [4.78, 5) is 4.84. The molecular formula is C57H38BN3O. The molecule has 10 aromatic carbocycles. The number of rotatable bonds is 5. The Morgan fingerprint density at radius 3 is 1.79 bits per heavy atom. The lowest BCUT2D eigenvalue weighted by Gasteiger charge is -2.41. The third-order valence-electron chi connectivity index (χ3n) is 13.1. The van der Waals surface area contributed by atoms with Gasteiger partial charge in [-0.2, -0.15) is 0 Å². The van der Waals surface area contributed by atoms with Gasteiger partial charge in [-0.1, -0.05) is 133 Å². The van der Waals surface area contributed by atoms with Crippen molar-refractivity contribution in [3.63, 3.8) is 0 Å². The zero-order valence-corrected chi connectivity index (χ0v) is 34.0. The monoisotopic (exact) mass is 791 g/mol. The van der Waals surface area contributed by atoms with Gasteiger partial charge in [-0.25, -0.2) is 0 Å². The van der Waals surface area contributed by atoms with Crippen LogP contribution in [0, 0.1) is 6.92 Å². The molecule has 11 aromatic rings. The predicted molar refractivity (Wildman–Crippen MR) is 261 cm³/mol. The van der Waals surface area contributed by atoms with Crippen LogP contribution >= 0.6 is 0 Å². The number of ether oxygens (including phenoxy) is 1. The predicted octanol–water partition coefficient (Wildman–Crippen LogP) is 13.3. The summed E-state index contributed by atoms with van der Waals surface area (Å²) in [6.45, 7) is 2.09. The number of hydrogen-bond donors (Lipinski definition) is 0. The molecule has 0 radical (unpaired) electrons. The average molecular weight is 792 g/mol. The van der Waals surface area contributed by atoms with Gasteiger partial charge in [-0.3, -0.25) is 0 Å². The second-order valence-electron chi connectivity index (χ2n) is 16.5. The van der Waals surface area contributed by atoms with Crippen LogP contribution < -0.4 is 30.9 Å². The van der Waals surface area contributed by atoms with Crippen LogP contribution in [-0.4, -0.2) is 11.3 Å². The highest BCUT2D eigenvalue weighted by atomic mass is 16.5. The molecule has 62 heavy (non-hydrogen) atoms. The van der Waals surface area contributed by atoms with E-state index in [4.69, 9.17) is 4.74 Å². The summed E-state index contributed by atoms with van der Waals surface area (Å²) < 4.78 is 9.50. The van der Waals surface area contributed by atoms with Gasteiger partial charge in [0, 0.05) is 62.0 Å². The van der Waals surface area contributed by atoms with Crippen LogP contribution in [0.3, 0.4) is 0 Å². The van der Waals surface area contributed by atoms with Crippen LogP contribution in [0.15, 0.2) is 212 Å². The molecule has 0 amide bonds. The Morgan fingerprint density at radius 2 is 1.02 bits per heavy atom. The molecule has 0 saturated carbocycles. The maximum atomic E-state index is 7.13. The normalized spacial score (nSPS) is 12.7.